The molecule has 62 valence electrons. The van der Waals surface area contributed by atoms with Crippen LogP contribution in [0.25, 0.3) is 0 Å². The van der Waals surface area contributed by atoms with Gasteiger partial charge in [-0.15, -0.1) is 0 Å². The SMILES string of the molecule is CC1=CC(C(C)(C)N)=CCC1. The van der Waals surface area contributed by atoms with E-state index >= 15 is 0 Å². The third-order valence-corrected chi connectivity index (χ3v) is 2.05. The molecule has 0 radical (unpaired) electrons. The van der Waals surface area contributed by atoms with Gasteiger partial charge in [0.25, 0.3) is 0 Å². The van der Waals surface area contributed by atoms with Crippen molar-refractivity contribution in [1.29, 1.82) is 0 Å². The molecule has 0 aromatic rings. The molecule has 0 amide bonds. The first-order valence-corrected chi connectivity index (χ1v) is 4.17. The number of rotatable bonds is 1. The van der Waals surface area contributed by atoms with Crippen LogP contribution in [0.15, 0.2) is 23.3 Å². The lowest BCUT2D eigenvalue weighted by atomic mass is 9.88. The van der Waals surface area contributed by atoms with Crippen LogP contribution in [-0.2, 0) is 0 Å². The van der Waals surface area contributed by atoms with Crippen molar-refractivity contribution in [1.82, 2.24) is 0 Å². The summed E-state index contributed by atoms with van der Waals surface area (Å²) in [7, 11) is 0. The molecule has 0 saturated heterocycles. The summed E-state index contributed by atoms with van der Waals surface area (Å²) in [5.41, 5.74) is 8.52. The third-order valence-electron chi connectivity index (χ3n) is 2.05. The van der Waals surface area contributed by atoms with Crippen molar-refractivity contribution < 1.29 is 0 Å². The normalized spacial score (nSPS) is 19.3. The van der Waals surface area contributed by atoms with Crippen LogP contribution in [0.2, 0.25) is 0 Å². The van der Waals surface area contributed by atoms with E-state index < -0.39 is 0 Å². The second kappa shape index (κ2) is 2.82. The quantitative estimate of drug-likeness (QED) is 0.612. The minimum atomic E-state index is -0.165. The van der Waals surface area contributed by atoms with E-state index in [1.165, 1.54) is 17.6 Å². The topological polar surface area (TPSA) is 26.0 Å². The number of nitrogens with two attached hydrogens (primary N) is 1. The van der Waals surface area contributed by atoms with Gasteiger partial charge in [-0.25, -0.2) is 0 Å². The van der Waals surface area contributed by atoms with Crippen molar-refractivity contribution >= 4 is 0 Å². The molecule has 1 nitrogen and oxygen atoms in total. The fourth-order valence-electron chi connectivity index (χ4n) is 1.30. The van der Waals surface area contributed by atoms with E-state index in [1.54, 1.807) is 0 Å². The van der Waals surface area contributed by atoms with Gasteiger partial charge in [0, 0.05) is 5.54 Å². The first-order chi connectivity index (χ1) is 5.00. The fourth-order valence-corrected chi connectivity index (χ4v) is 1.30. The molecule has 11 heavy (non-hydrogen) atoms. The van der Waals surface area contributed by atoms with Gasteiger partial charge in [0.15, 0.2) is 0 Å². The van der Waals surface area contributed by atoms with E-state index in [0.29, 0.717) is 0 Å². The second-order valence-electron chi connectivity index (χ2n) is 3.91. The first kappa shape index (κ1) is 8.54. The van der Waals surface area contributed by atoms with Gasteiger partial charge in [-0.1, -0.05) is 17.7 Å². The molecule has 1 aliphatic rings. The zero-order valence-corrected chi connectivity index (χ0v) is 7.65. The van der Waals surface area contributed by atoms with E-state index in [2.05, 4.69) is 19.1 Å². The average molecular weight is 151 g/mol. The highest BCUT2D eigenvalue weighted by Gasteiger charge is 2.16. The molecule has 0 aromatic carbocycles. The minimum Gasteiger partial charge on any atom is -0.322 e. The van der Waals surface area contributed by atoms with Gasteiger partial charge in [-0.3, -0.25) is 0 Å². The zero-order chi connectivity index (χ0) is 8.48. The maximum atomic E-state index is 5.96. The molecular formula is C10H17N. The van der Waals surface area contributed by atoms with Crippen molar-refractivity contribution in [2.45, 2.75) is 39.2 Å². The molecule has 0 aromatic heterocycles. The Kier molecular flexibility index (Phi) is 2.19. The van der Waals surface area contributed by atoms with E-state index in [4.69, 9.17) is 5.73 Å². The van der Waals surface area contributed by atoms with Gasteiger partial charge < -0.3 is 5.73 Å². The minimum absolute atomic E-state index is 0.165. The highest BCUT2D eigenvalue weighted by molar-refractivity contribution is 5.34. The van der Waals surface area contributed by atoms with E-state index in [9.17, 15) is 0 Å². The Morgan fingerprint density at radius 2 is 2.09 bits per heavy atom. The van der Waals surface area contributed by atoms with Crippen LogP contribution < -0.4 is 5.73 Å². The van der Waals surface area contributed by atoms with E-state index in [-0.39, 0.29) is 5.54 Å². The summed E-state index contributed by atoms with van der Waals surface area (Å²) in [6.45, 7) is 6.26. The first-order valence-electron chi connectivity index (χ1n) is 4.17. The molecular weight excluding hydrogens is 134 g/mol. The Bertz CT molecular complexity index is 203. The molecule has 0 heterocycles. The standard InChI is InChI=1S/C10H17N/c1-8-5-4-6-9(7-8)10(2,3)11/h6-7H,4-5,11H2,1-3H3. The van der Waals surface area contributed by atoms with Crippen LogP contribution in [0.3, 0.4) is 0 Å². The molecule has 1 aliphatic carbocycles. The van der Waals surface area contributed by atoms with Gasteiger partial charge in [-0.2, -0.15) is 0 Å². The van der Waals surface area contributed by atoms with Crippen molar-refractivity contribution in [2.24, 2.45) is 5.73 Å². The second-order valence-corrected chi connectivity index (χ2v) is 3.91. The summed E-state index contributed by atoms with van der Waals surface area (Å²) in [4.78, 5) is 0. The molecule has 0 spiro atoms. The maximum Gasteiger partial charge on any atom is 0.0349 e. The van der Waals surface area contributed by atoms with E-state index in [0.717, 1.165) is 6.42 Å². The smallest absolute Gasteiger partial charge is 0.0349 e. The summed E-state index contributed by atoms with van der Waals surface area (Å²) < 4.78 is 0. The number of hydrogen-bond acceptors (Lipinski definition) is 1. The summed E-state index contributed by atoms with van der Waals surface area (Å²) in [6, 6.07) is 0. The van der Waals surface area contributed by atoms with Gasteiger partial charge in [0.2, 0.25) is 0 Å². The van der Waals surface area contributed by atoms with Crippen LogP contribution in [0.4, 0.5) is 0 Å². The predicted molar refractivity (Wildman–Crippen MR) is 49.3 cm³/mol. The average Bonchev–Trinajstić information content (AvgIpc) is 1.86. The molecule has 1 rings (SSSR count). The highest BCUT2D eigenvalue weighted by atomic mass is 14.7. The van der Waals surface area contributed by atoms with Crippen LogP contribution in [0, 0.1) is 0 Å². The van der Waals surface area contributed by atoms with Gasteiger partial charge in [-0.05, 0) is 39.2 Å². The fraction of sp³-hybridized carbons (Fsp3) is 0.600. The Hall–Kier alpha value is -0.560. The van der Waals surface area contributed by atoms with Gasteiger partial charge in [0.05, 0.1) is 0 Å². The lowest BCUT2D eigenvalue weighted by Crippen LogP contribution is -2.34. The molecule has 0 atom stereocenters. The number of allylic oxidation sites excluding steroid dienone is 2. The van der Waals surface area contributed by atoms with Gasteiger partial charge >= 0.3 is 0 Å². The van der Waals surface area contributed by atoms with Crippen molar-refractivity contribution in [3.63, 3.8) is 0 Å². The van der Waals surface area contributed by atoms with Crippen LogP contribution >= 0.6 is 0 Å². The maximum absolute atomic E-state index is 5.96. The summed E-state index contributed by atoms with van der Waals surface area (Å²) in [6.07, 6.45) is 6.80. The zero-order valence-electron chi connectivity index (χ0n) is 7.65. The Morgan fingerprint density at radius 1 is 1.45 bits per heavy atom. The Balaban J connectivity index is 2.82. The molecule has 0 fully saturated rings. The Morgan fingerprint density at radius 3 is 2.45 bits per heavy atom. The molecule has 1 heteroatoms. The van der Waals surface area contributed by atoms with E-state index in [1.807, 2.05) is 13.8 Å². The molecule has 2 N–H and O–H groups in total. The van der Waals surface area contributed by atoms with Gasteiger partial charge in [0.1, 0.15) is 0 Å². The molecule has 0 unspecified atom stereocenters. The third kappa shape index (κ3) is 2.19. The molecule has 0 saturated carbocycles. The monoisotopic (exact) mass is 151 g/mol. The highest BCUT2D eigenvalue weighted by Crippen LogP contribution is 2.23. The predicted octanol–water partition coefficient (Wildman–Crippen LogP) is 2.39. The van der Waals surface area contributed by atoms with Crippen molar-refractivity contribution in [2.75, 3.05) is 0 Å². The van der Waals surface area contributed by atoms with Crippen LogP contribution in [0.5, 0.6) is 0 Å². The van der Waals surface area contributed by atoms with Crippen molar-refractivity contribution in [3.05, 3.63) is 23.3 Å². The van der Waals surface area contributed by atoms with Crippen LogP contribution in [0.1, 0.15) is 33.6 Å². The van der Waals surface area contributed by atoms with Crippen molar-refractivity contribution in [3.8, 4) is 0 Å². The summed E-state index contributed by atoms with van der Waals surface area (Å²) in [5, 5.41) is 0. The lowest BCUT2D eigenvalue weighted by Gasteiger charge is -2.23. The Labute approximate surface area is 69.0 Å². The number of hydrogen-bond donors (Lipinski definition) is 1. The summed E-state index contributed by atoms with van der Waals surface area (Å²) in [5.74, 6) is 0. The molecule has 0 bridgehead atoms. The molecule has 0 aliphatic heterocycles. The lowest BCUT2D eigenvalue weighted by molar-refractivity contribution is 0.616. The summed E-state index contributed by atoms with van der Waals surface area (Å²) >= 11 is 0. The largest absolute Gasteiger partial charge is 0.322 e. The van der Waals surface area contributed by atoms with Crippen LogP contribution in [-0.4, -0.2) is 5.54 Å².